The maximum absolute atomic E-state index is 13.1. The second-order valence-electron chi connectivity index (χ2n) is 7.97. The number of rotatable bonds is 4. The van der Waals surface area contributed by atoms with Crippen LogP contribution in [0.15, 0.2) is 52.5 Å². The van der Waals surface area contributed by atoms with Crippen LogP contribution in [0.5, 0.6) is 0 Å². The van der Waals surface area contributed by atoms with Crippen molar-refractivity contribution in [3.8, 4) is 11.3 Å². The summed E-state index contributed by atoms with van der Waals surface area (Å²) in [5.74, 6) is 0.541. The predicted molar refractivity (Wildman–Crippen MR) is 120 cm³/mol. The molecule has 0 spiro atoms. The van der Waals surface area contributed by atoms with Gasteiger partial charge in [-0.05, 0) is 47.9 Å². The molecule has 1 aliphatic rings. The fraction of sp³-hybridized carbons (Fsp3) is 0.292. The number of oxazole rings is 1. The number of hydrogen-bond acceptors (Lipinski definition) is 6. The molecule has 3 aromatic heterocycles. The summed E-state index contributed by atoms with van der Waals surface area (Å²) in [6.07, 6.45) is 3.49. The van der Waals surface area contributed by atoms with Gasteiger partial charge in [-0.15, -0.1) is 11.3 Å². The van der Waals surface area contributed by atoms with Gasteiger partial charge in [-0.25, -0.2) is 9.97 Å². The molecule has 5 rings (SSSR count). The zero-order valence-corrected chi connectivity index (χ0v) is 18.1. The zero-order valence-electron chi connectivity index (χ0n) is 17.2. The molecule has 0 aliphatic carbocycles. The molecule has 6 nitrogen and oxygen atoms in total. The van der Waals surface area contributed by atoms with Gasteiger partial charge in [0, 0.05) is 25.6 Å². The molecule has 4 aromatic rings. The van der Waals surface area contributed by atoms with Crippen LogP contribution in [0.3, 0.4) is 0 Å². The molecule has 0 unspecified atom stereocenters. The molecule has 0 saturated carbocycles. The Labute approximate surface area is 184 Å². The van der Waals surface area contributed by atoms with Crippen molar-refractivity contribution >= 4 is 27.5 Å². The van der Waals surface area contributed by atoms with Gasteiger partial charge in [-0.1, -0.05) is 24.3 Å². The molecule has 1 aromatic carbocycles. The lowest BCUT2D eigenvalue weighted by molar-refractivity contribution is 0.0469. The molecule has 1 fully saturated rings. The summed E-state index contributed by atoms with van der Waals surface area (Å²) in [6.45, 7) is 2.87. The van der Waals surface area contributed by atoms with E-state index in [1.54, 1.807) is 22.5 Å². The highest BCUT2D eigenvalue weighted by Gasteiger charge is 2.25. The van der Waals surface area contributed by atoms with Crippen LogP contribution >= 0.6 is 11.3 Å². The number of aromatic nitrogens is 2. The number of benzene rings is 1. The summed E-state index contributed by atoms with van der Waals surface area (Å²) in [6, 6.07) is 12.1. The van der Waals surface area contributed by atoms with Crippen LogP contribution in [0.1, 0.15) is 40.3 Å². The van der Waals surface area contributed by atoms with Crippen LogP contribution in [-0.2, 0) is 6.42 Å². The number of β-amino-alcohol motifs (C(OH)–C–C–N with tert-alkyl or cyclic N) is 1. The van der Waals surface area contributed by atoms with Gasteiger partial charge in [0.25, 0.3) is 5.91 Å². The second-order valence-corrected chi connectivity index (χ2v) is 8.89. The number of aryl methyl sites for hydroxylation is 1. The Morgan fingerprint density at radius 1 is 1.26 bits per heavy atom. The number of thiophene rings is 1. The number of aliphatic hydroxyl groups excluding tert-OH is 1. The third-order valence-electron chi connectivity index (χ3n) is 5.65. The molecule has 0 radical (unpaired) electrons. The molecule has 1 N–H and O–H groups in total. The molecule has 1 saturated heterocycles. The lowest BCUT2D eigenvalue weighted by Crippen LogP contribution is -2.42. The van der Waals surface area contributed by atoms with Crippen molar-refractivity contribution in [1.29, 1.82) is 0 Å². The molecule has 0 bridgehead atoms. The van der Waals surface area contributed by atoms with Crippen molar-refractivity contribution in [3.05, 3.63) is 70.8 Å². The standard InChI is InChI=1S/C24H23N3O3S/c1-15-25-22(14-30-15)17-6-4-16(5-7-17)11-18-12-21(26-20-8-10-31-23(18)20)24(29)27-9-2-3-19(28)13-27/h4-8,10,12,14,19,28H,2-3,9,11,13H2,1H3/t19-/m1/s1. The minimum Gasteiger partial charge on any atom is -0.449 e. The van der Waals surface area contributed by atoms with Crippen molar-refractivity contribution in [1.82, 2.24) is 14.9 Å². The largest absolute Gasteiger partial charge is 0.449 e. The fourth-order valence-electron chi connectivity index (χ4n) is 4.07. The first-order valence-corrected chi connectivity index (χ1v) is 11.3. The quantitative estimate of drug-likeness (QED) is 0.514. The minimum absolute atomic E-state index is 0.107. The van der Waals surface area contributed by atoms with E-state index in [0.29, 0.717) is 31.1 Å². The van der Waals surface area contributed by atoms with E-state index in [1.807, 2.05) is 36.6 Å². The maximum Gasteiger partial charge on any atom is 0.272 e. The Balaban J connectivity index is 1.43. The molecule has 1 aliphatic heterocycles. The van der Waals surface area contributed by atoms with E-state index in [0.717, 1.165) is 45.4 Å². The highest BCUT2D eigenvalue weighted by atomic mass is 32.1. The van der Waals surface area contributed by atoms with E-state index in [1.165, 1.54) is 0 Å². The lowest BCUT2D eigenvalue weighted by atomic mass is 10.0. The lowest BCUT2D eigenvalue weighted by Gasteiger charge is -2.29. The van der Waals surface area contributed by atoms with Crippen molar-refractivity contribution in [3.63, 3.8) is 0 Å². The molecule has 7 heteroatoms. The van der Waals surface area contributed by atoms with E-state index < -0.39 is 6.10 Å². The number of amides is 1. The number of fused-ring (bicyclic) bond motifs is 1. The summed E-state index contributed by atoms with van der Waals surface area (Å²) < 4.78 is 6.41. The van der Waals surface area contributed by atoms with Crippen molar-refractivity contribution in [2.24, 2.45) is 0 Å². The van der Waals surface area contributed by atoms with E-state index in [-0.39, 0.29) is 5.91 Å². The monoisotopic (exact) mass is 433 g/mol. The molecule has 4 heterocycles. The average Bonchev–Trinajstić information content (AvgIpc) is 3.43. The Hall–Kier alpha value is -3.03. The molecular weight excluding hydrogens is 410 g/mol. The number of aliphatic hydroxyl groups is 1. The first kappa shape index (κ1) is 19.9. The third kappa shape index (κ3) is 4.11. The third-order valence-corrected chi connectivity index (χ3v) is 6.63. The van der Waals surface area contributed by atoms with E-state index in [4.69, 9.17) is 4.42 Å². The van der Waals surface area contributed by atoms with E-state index in [9.17, 15) is 9.90 Å². The van der Waals surface area contributed by atoms with E-state index in [2.05, 4.69) is 22.1 Å². The van der Waals surface area contributed by atoms with Gasteiger partial charge < -0.3 is 14.4 Å². The summed E-state index contributed by atoms with van der Waals surface area (Å²) in [5.41, 5.74) is 5.37. The van der Waals surface area contributed by atoms with Crippen LogP contribution in [0.4, 0.5) is 0 Å². The smallest absolute Gasteiger partial charge is 0.272 e. The molecule has 1 amide bonds. The SMILES string of the molecule is Cc1nc(-c2ccc(Cc3cc(C(=O)N4CCC[C@@H](O)C4)nc4ccsc34)cc2)co1. The summed E-state index contributed by atoms with van der Waals surface area (Å²) in [5, 5.41) is 12.0. The first-order valence-electron chi connectivity index (χ1n) is 10.4. The van der Waals surface area contributed by atoms with Gasteiger partial charge >= 0.3 is 0 Å². The maximum atomic E-state index is 13.1. The number of carbonyl (C=O) groups is 1. The van der Waals surface area contributed by atoms with Crippen LogP contribution in [-0.4, -0.2) is 45.1 Å². The normalized spacial score (nSPS) is 16.7. The number of piperidine rings is 1. The Morgan fingerprint density at radius 3 is 2.84 bits per heavy atom. The Bertz CT molecular complexity index is 1230. The number of hydrogen-bond donors (Lipinski definition) is 1. The average molecular weight is 434 g/mol. The number of likely N-dealkylation sites (tertiary alicyclic amines) is 1. The van der Waals surface area contributed by atoms with Crippen LogP contribution in [0, 0.1) is 6.92 Å². The van der Waals surface area contributed by atoms with Gasteiger partial charge in [-0.2, -0.15) is 0 Å². The first-order chi connectivity index (χ1) is 15.1. The van der Waals surface area contributed by atoms with Crippen LogP contribution < -0.4 is 0 Å². The topological polar surface area (TPSA) is 79.5 Å². The van der Waals surface area contributed by atoms with Gasteiger partial charge in [0.15, 0.2) is 5.89 Å². The molecule has 31 heavy (non-hydrogen) atoms. The Morgan fingerprint density at radius 2 is 2.10 bits per heavy atom. The van der Waals surface area contributed by atoms with E-state index >= 15 is 0 Å². The number of carbonyl (C=O) groups excluding carboxylic acids is 1. The van der Waals surface area contributed by atoms with Gasteiger partial charge in [0.2, 0.25) is 0 Å². The summed E-state index contributed by atoms with van der Waals surface area (Å²) in [4.78, 5) is 23.8. The van der Waals surface area contributed by atoms with Gasteiger partial charge in [0.1, 0.15) is 17.7 Å². The van der Waals surface area contributed by atoms with Crippen LogP contribution in [0.25, 0.3) is 21.5 Å². The van der Waals surface area contributed by atoms with Crippen molar-refractivity contribution in [2.45, 2.75) is 32.3 Å². The van der Waals surface area contributed by atoms with Crippen molar-refractivity contribution < 1.29 is 14.3 Å². The number of nitrogens with zero attached hydrogens (tertiary/aromatic N) is 3. The minimum atomic E-state index is -0.450. The summed E-state index contributed by atoms with van der Waals surface area (Å²) in [7, 11) is 0. The zero-order chi connectivity index (χ0) is 21.4. The Kier molecular flexibility index (Phi) is 5.29. The second kappa shape index (κ2) is 8.24. The molecule has 1 atom stereocenters. The molecular formula is C24H23N3O3S. The van der Waals surface area contributed by atoms with Gasteiger partial charge in [-0.3, -0.25) is 4.79 Å². The summed E-state index contributed by atoms with van der Waals surface area (Å²) >= 11 is 1.64. The molecule has 158 valence electrons. The van der Waals surface area contributed by atoms with Crippen molar-refractivity contribution in [2.75, 3.05) is 13.1 Å². The predicted octanol–water partition coefficient (Wildman–Crippen LogP) is 4.45. The number of pyridine rings is 1. The highest BCUT2D eigenvalue weighted by Crippen LogP contribution is 2.28. The van der Waals surface area contributed by atoms with Gasteiger partial charge in [0.05, 0.1) is 16.3 Å². The highest BCUT2D eigenvalue weighted by molar-refractivity contribution is 7.17. The fourth-order valence-corrected chi connectivity index (χ4v) is 4.92. The van der Waals surface area contributed by atoms with Crippen LogP contribution in [0.2, 0.25) is 0 Å².